The minimum Gasteiger partial charge on any atom is -0.457 e. The standard InChI is InChI=1S/C48H41N5O2/c1-29-22-30(2)45(31(3)23-29)52-28-51(40-15-11-20-50-47(40)52)42-27-34(25-38-37-13-8-10-16-43(37)55-46(38)42)54-33-17-18-36-35-12-7-9-14-39(35)53(41(36)26-33)44-24-32(19-21-49-44)48(4,5)6/h7-27H,28H2,1-6H3. The fourth-order valence-corrected chi connectivity index (χ4v) is 8.52. The van der Waals surface area contributed by atoms with E-state index < -0.39 is 0 Å². The second kappa shape index (κ2) is 12.2. The summed E-state index contributed by atoms with van der Waals surface area (Å²) in [6, 6.07) is 40.2. The summed E-state index contributed by atoms with van der Waals surface area (Å²) in [5, 5.41) is 4.35. The van der Waals surface area contributed by atoms with E-state index in [1.807, 2.05) is 30.6 Å². The molecule has 0 spiro atoms. The van der Waals surface area contributed by atoms with Crippen molar-refractivity contribution < 1.29 is 9.15 Å². The van der Waals surface area contributed by atoms with E-state index >= 15 is 0 Å². The highest BCUT2D eigenvalue weighted by Crippen LogP contribution is 2.49. The number of aryl methyl sites for hydroxylation is 3. The number of ether oxygens (including phenoxy) is 1. The van der Waals surface area contributed by atoms with Crippen LogP contribution in [0.5, 0.6) is 11.5 Å². The molecule has 9 aromatic rings. The van der Waals surface area contributed by atoms with Crippen molar-refractivity contribution >= 4 is 66.6 Å². The van der Waals surface area contributed by atoms with Gasteiger partial charge in [-0.25, -0.2) is 9.97 Å². The molecule has 7 nitrogen and oxygen atoms in total. The Kier molecular flexibility index (Phi) is 7.33. The van der Waals surface area contributed by atoms with Crippen LogP contribution >= 0.6 is 0 Å². The first kappa shape index (κ1) is 33.0. The number of pyridine rings is 2. The Morgan fingerprint density at radius 3 is 2.20 bits per heavy atom. The van der Waals surface area contributed by atoms with Gasteiger partial charge in [0.25, 0.3) is 0 Å². The fourth-order valence-electron chi connectivity index (χ4n) is 8.52. The van der Waals surface area contributed by atoms with Gasteiger partial charge in [0, 0.05) is 46.1 Å². The molecule has 0 atom stereocenters. The predicted molar refractivity (Wildman–Crippen MR) is 225 cm³/mol. The molecule has 0 bridgehead atoms. The van der Waals surface area contributed by atoms with Crippen molar-refractivity contribution in [1.29, 1.82) is 0 Å². The van der Waals surface area contributed by atoms with Crippen molar-refractivity contribution in [1.82, 2.24) is 14.5 Å². The monoisotopic (exact) mass is 719 g/mol. The molecule has 5 aromatic carbocycles. The zero-order chi connectivity index (χ0) is 37.6. The van der Waals surface area contributed by atoms with E-state index in [0.717, 1.165) is 72.9 Å². The molecule has 0 radical (unpaired) electrons. The van der Waals surface area contributed by atoms with Gasteiger partial charge in [-0.3, -0.25) is 4.57 Å². The van der Waals surface area contributed by atoms with E-state index in [1.54, 1.807) is 0 Å². The first-order valence-electron chi connectivity index (χ1n) is 18.8. The molecule has 7 heteroatoms. The zero-order valence-corrected chi connectivity index (χ0v) is 31.9. The van der Waals surface area contributed by atoms with Gasteiger partial charge in [0.15, 0.2) is 11.4 Å². The van der Waals surface area contributed by atoms with Crippen LogP contribution in [-0.2, 0) is 5.41 Å². The largest absolute Gasteiger partial charge is 0.457 e. The Hall–Kier alpha value is -6.60. The first-order chi connectivity index (χ1) is 26.6. The van der Waals surface area contributed by atoms with E-state index in [9.17, 15) is 0 Å². The number of anilines is 4. The Labute approximate surface area is 320 Å². The number of aromatic nitrogens is 3. The van der Waals surface area contributed by atoms with Crippen molar-refractivity contribution in [3.63, 3.8) is 0 Å². The van der Waals surface area contributed by atoms with Crippen LogP contribution in [0.15, 0.2) is 132 Å². The molecule has 0 N–H and O–H groups in total. The normalized spacial score (nSPS) is 13.1. The highest BCUT2D eigenvalue weighted by molar-refractivity contribution is 6.11. The molecule has 0 fully saturated rings. The number of fused-ring (bicyclic) bond motifs is 7. The lowest BCUT2D eigenvalue weighted by molar-refractivity contribution is 0.484. The Morgan fingerprint density at radius 1 is 0.618 bits per heavy atom. The van der Waals surface area contributed by atoms with Gasteiger partial charge in [-0.1, -0.05) is 74.9 Å². The van der Waals surface area contributed by atoms with Crippen LogP contribution in [0.25, 0.3) is 49.6 Å². The average molecular weight is 720 g/mol. The highest BCUT2D eigenvalue weighted by atomic mass is 16.5. The minimum atomic E-state index is -0.0148. The average Bonchev–Trinajstić information content (AvgIpc) is 3.84. The summed E-state index contributed by atoms with van der Waals surface area (Å²) in [6.07, 6.45) is 3.78. The molecule has 5 heterocycles. The summed E-state index contributed by atoms with van der Waals surface area (Å²) in [6.45, 7) is 13.8. The van der Waals surface area contributed by atoms with Crippen LogP contribution in [0.4, 0.5) is 22.9 Å². The molecule has 0 saturated carbocycles. The van der Waals surface area contributed by atoms with Crippen molar-refractivity contribution in [3.8, 4) is 17.3 Å². The number of para-hydroxylation sites is 2. The molecule has 0 aliphatic carbocycles. The molecule has 10 rings (SSSR count). The maximum Gasteiger partial charge on any atom is 0.159 e. The molecule has 270 valence electrons. The highest BCUT2D eigenvalue weighted by Gasteiger charge is 2.33. The lowest BCUT2D eigenvalue weighted by atomic mass is 9.88. The molecular weight excluding hydrogens is 679 g/mol. The topological polar surface area (TPSA) is 59.6 Å². The number of rotatable bonds is 5. The van der Waals surface area contributed by atoms with Crippen LogP contribution in [-0.4, -0.2) is 21.2 Å². The number of furan rings is 1. The number of hydrogen-bond acceptors (Lipinski definition) is 6. The van der Waals surface area contributed by atoms with Crippen LogP contribution in [0.3, 0.4) is 0 Å². The van der Waals surface area contributed by atoms with Gasteiger partial charge < -0.3 is 19.0 Å². The molecular formula is C48H41N5O2. The maximum atomic E-state index is 6.90. The minimum absolute atomic E-state index is 0.0148. The first-order valence-corrected chi connectivity index (χ1v) is 18.8. The van der Waals surface area contributed by atoms with Gasteiger partial charge in [0.1, 0.15) is 29.6 Å². The third-order valence-electron chi connectivity index (χ3n) is 10.9. The number of nitrogens with zero attached hydrogens (tertiary/aromatic N) is 5. The summed E-state index contributed by atoms with van der Waals surface area (Å²) in [7, 11) is 0. The van der Waals surface area contributed by atoms with Crippen molar-refractivity contribution in [2.45, 2.75) is 47.0 Å². The third-order valence-corrected chi connectivity index (χ3v) is 10.9. The Balaban J connectivity index is 1.13. The second-order valence-corrected chi connectivity index (χ2v) is 15.8. The van der Waals surface area contributed by atoms with Gasteiger partial charge in [-0.05, 0) is 97.5 Å². The van der Waals surface area contributed by atoms with Crippen LogP contribution in [0.2, 0.25) is 0 Å². The van der Waals surface area contributed by atoms with Crippen LogP contribution in [0, 0.1) is 20.8 Å². The maximum absolute atomic E-state index is 6.90. The molecule has 0 amide bonds. The lowest BCUT2D eigenvalue weighted by Crippen LogP contribution is -2.25. The van der Waals surface area contributed by atoms with Crippen molar-refractivity contribution in [2.75, 3.05) is 16.5 Å². The van der Waals surface area contributed by atoms with Crippen molar-refractivity contribution in [2.24, 2.45) is 0 Å². The molecule has 0 saturated heterocycles. The summed E-state index contributed by atoms with van der Waals surface area (Å²) in [5.74, 6) is 3.25. The smallest absolute Gasteiger partial charge is 0.159 e. The quantitative estimate of drug-likeness (QED) is 0.176. The van der Waals surface area contributed by atoms with E-state index in [4.69, 9.17) is 19.1 Å². The molecule has 0 unspecified atom stereocenters. The summed E-state index contributed by atoms with van der Waals surface area (Å²) >= 11 is 0. The van der Waals surface area contributed by atoms with Crippen molar-refractivity contribution in [3.05, 3.63) is 150 Å². The number of benzene rings is 5. The Bertz CT molecular complexity index is 2960. The third kappa shape index (κ3) is 5.33. The molecule has 1 aliphatic rings. The molecule has 4 aromatic heterocycles. The predicted octanol–water partition coefficient (Wildman–Crippen LogP) is 12.7. The van der Waals surface area contributed by atoms with Crippen LogP contribution < -0.4 is 14.5 Å². The van der Waals surface area contributed by atoms with E-state index in [1.165, 1.54) is 33.3 Å². The van der Waals surface area contributed by atoms with E-state index in [-0.39, 0.29) is 5.41 Å². The molecule has 55 heavy (non-hydrogen) atoms. The van der Waals surface area contributed by atoms with Crippen LogP contribution in [0.1, 0.15) is 43.0 Å². The van der Waals surface area contributed by atoms with Gasteiger partial charge in [0.2, 0.25) is 0 Å². The van der Waals surface area contributed by atoms with E-state index in [0.29, 0.717) is 6.67 Å². The lowest BCUT2D eigenvalue weighted by Gasteiger charge is -2.25. The van der Waals surface area contributed by atoms with Gasteiger partial charge in [-0.2, -0.15) is 0 Å². The van der Waals surface area contributed by atoms with Gasteiger partial charge in [0.05, 0.1) is 28.1 Å². The fraction of sp³-hybridized carbons (Fsp3) is 0.167. The number of hydrogen-bond donors (Lipinski definition) is 0. The molecule has 1 aliphatic heterocycles. The van der Waals surface area contributed by atoms with Gasteiger partial charge >= 0.3 is 0 Å². The SMILES string of the molecule is Cc1cc(C)c(N2CN(c3cc(Oc4ccc5c6ccccc6n(-c6cc(C(C)(C)C)ccn6)c5c4)cc4c3oc3ccccc34)c3cccnc32)c(C)c1. The summed E-state index contributed by atoms with van der Waals surface area (Å²) in [4.78, 5) is 14.4. The van der Waals surface area contributed by atoms with E-state index in [2.05, 4.69) is 153 Å². The Morgan fingerprint density at radius 2 is 1.38 bits per heavy atom. The summed E-state index contributed by atoms with van der Waals surface area (Å²) < 4.78 is 15.8. The second-order valence-electron chi connectivity index (χ2n) is 15.8. The summed E-state index contributed by atoms with van der Waals surface area (Å²) in [5.41, 5.74) is 11.8. The zero-order valence-electron chi connectivity index (χ0n) is 31.9. The van der Waals surface area contributed by atoms with Gasteiger partial charge in [-0.15, -0.1) is 0 Å².